The number of rotatable bonds is 4. The number of ether oxygens (including phenoxy) is 1. The van der Waals surface area contributed by atoms with E-state index in [0.29, 0.717) is 6.42 Å². The van der Waals surface area contributed by atoms with Gasteiger partial charge in [0, 0.05) is 6.42 Å². The average molecular weight is 278 g/mol. The molecule has 1 rings (SSSR count). The minimum Gasteiger partial charge on any atom is -0.444 e. The van der Waals surface area contributed by atoms with Gasteiger partial charge in [0.25, 0.3) is 0 Å². The van der Waals surface area contributed by atoms with Gasteiger partial charge in [0.2, 0.25) is 0 Å². The van der Waals surface area contributed by atoms with E-state index in [9.17, 15) is 4.79 Å². The first-order valence-corrected chi connectivity index (χ1v) is 6.48. The van der Waals surface area contributed by atoms with Crippen molar-refractivity contribution in [3.8, 4) is 0 Å². The van der Waals surface area contributed by atoms with E-state index in [4.69, 9.17) is 9.94 Å². The summed E-state index contributed by atoms with van der Waals surface area (Å²) in [6.07, 6.45) is 1.25. The van der Waals surface area contributed by atoms with Crippen LogP contribution in [0.4, 0.5) is 4.79 Å². The number of oxime groups is 1. The third-order valence-corrected chi connectivity index (χ3v) is 2.54. The second-order valence-corrected chi connectivity index (χ2v) is 5.95. The van der Waals surface area contributed by atoms with E-state index in [1.807, 2.05) is 30.3 Å². The molecule has 0 radical (unpaired) electrons. The highest BCUT2D eigenvalue weighted by Crippen LogP contribution is 2.14. The minimum atomic E-state index is -0.821. The predicted molar refractivity (Wildman–Crippen MR) is 78.2 cm³/mol. The molecule has 0 spiro atoms. The highest BCUT2D eigenvalue weighted by Gasteiger charge is 2.28. The van der Waals surface area contributed by atoms with Gasteiger partial charge in [-0.1, -0.05) is 35.5 Å². The molecule has 1 amide bonds. The molecule has 0 bridgehead atoms. The van der Waals surface area contributed by atoms with Gasteiger partial charge in [-0.2, -0.15) is 0 Å². The maximum absolute atomic E-state index is 11.9. The summed E-state index contributed by atoms with van der Waals surface area (Å²) in [6.45, 7) is 7.15. The normalized spacial score (nSPS) is 14.8. The summed E-state index contributed by atoms with van der Waals surface area (Å²) in [5.74, 6) is 0. The van der Waals surface area contributed by atoms with Crippen molar-refractivity contribution in [1.29, 1.82) is 0 Å². The van der Waals surface area contributed by atoms with Crippen LogP contribution in [0, 0.1) is 0 Å². The van der Waals surface area contributed by atoms with Crippen molar-refractivity contribution in [2.24, 2.45) is 5.16 Å². The van der Waals surface area contributed by atoms with Gasteiger partial charge in [0.1, 0.15) is 5.60 Å². The molecule has 20 heavy (non-hydrogen) atoms. The zero-order valence-corrected chi connectivity index (χ0v) is 12.4. The molecule has 1 aromatic carbocycles. The van der Waals surface area contributed by atoms with Gasteiger partial charge in [-0.25, -0.2) is 4.79 Å². The van der Waals surface area contributed by atoms with Gasteiger partial charge in [0.15, 0.2) is 0 Å². The zero-order chi connectivity index (χ0) is 15.2. The number of carbonyl (C=O) groups is 1. The van der Waals surface area contributed by atoms with Crippen molar-refractivity contribution >= 4 is 12.3 Å². The number of amides is 1. The van der Waals surface area contributed by atoms with Gasteiger partial charge in [-0.15, -0.1) is 0 Å². The smallest absolute Gasteiger partial charge is 0.408 e. The number of hydrogen-bond acceptors (Lipinski definition) is 4. The lowest BCUT2D eigenvalue weighted by molar-refractivity contribution is 0.0492. The maximum Gasteiger partial charge on any atom is 0.408 e. The molecular weight excluding hydrogens is 256 g/mol. The third-order valence-electron chi connectivity index (χ3n) is 2.54. The van der Waals surface area contributed by atoms with Gasteiger partial charge in [0.05, 0.1) is 11.8 Å². The van der Waals surface area contributed by atoms with E-state index in [-0.39, 0.29) is 0 Å². The highest BCUT2D eigenvalue weighted by molar-refractivity contribution is 5.78. The zero-order valence-electron chi connectivity index (χ0n) is 12.4. The van der Waals surface area contributed by atoms with E-state index in [1.165, 1.54) is 6.21 Å². The van der Waals surface area contributed by atoms with Gasteiger partial charge >= 0.3 is 6.09 Å². The van der Waals surface area contributed by atoms with Crippen LogP contribution in [0.5, 0.6) is 0 Å². The Labute approximate surface area is 119 Å². The summed E-state index contributed by atoms with van der Waals surface area (Å²) in [7, 11) is 0. The van der Waals surface area contributed by atoms with Crippen LogP contribution in [0.25, 0.3) is 0 Å². The Balaban J connectivity index is 2.79. The molecule has 110 valence electrons. The van der Waals surface area contributed by atoms with Crippen LogP contribution in [0.3, 0.4) is 0 Å². The number of benzene rings is 1. The Morgan fingerprint density at radius 1 is 1.30 bits per heavy atom. The molecule has 0 heterocycles. The Kier molecular flexibility index (Phi) is 5.13. The summed E-state index contributed by atoms with van der Waals surface area (Å²) in [5, 5.41) is 14.6. The Bertz CT molecular complexity index is 466. The van der Waals surface area contributed by atoms with Crippen LogP contribution in [-0.2, 0) is 11.2 Å². The maximum atomic E-state index is 11.9. The quantitative estimate of drug-likeness (QED) is 0.505. The summed E-state index contributed by atoms with van der Waals surface area (Å²) in [6, 6.07) is 9.64. The van der Waals surface area contributed by atoms with E-state index in [0.717, 1.165) is 5.56 Å². The van der Waals surface area contributed by atoms with Gasteiger partial charge in [-0.05, 0) is 33.3 Å². The van der Waals surface area contributed by atoms with Crippen molar-refractivity contribution in [2.75, 3.05) is 0 Å². The topological polar surface area (TPSA) is 70.9 Å². The molecule has 1 atom stereocenters. The summed E-state index contributed by atoms with van der Waals surface area (Å²) >= 11 is 0. The number of nitrogens with one attached hydrogen (secondary N) is 1. The molecule has 0 aromatic heterocycles. The first-order valence-electron chi connectivity index (χ1n) is 6.48. The lowest BCUT2D eigenvalue weighted by atomic mass is 9.94. The largest absolute Gasteiger partial charge is 0.444 e. The van der Waals surface area contributed by atoms with E-state index >= 15 is 0 Å². The Morgan fingerprint density at radius 2 is 1.90 bits per heavy atom. The minimum absolute atomic E-state index is 0.497. The van der Waals surface area contributed by atoms with Crippen molar-refractivity contribution in [2.45, 2.75) is 45.3 Å². The van der Waals surface area contributed by atoms with E-state index in [1.54, 1.807) is 27.7 Å². The molecule has 0 fully saturated rings. The lowest BCUT2D eigenvalue weighted by Crippen LogP contribution is -2.50. The van der Waals surface area contributed by atoms with Gasteiger partial charge in [-0.3, -0.25) is 0 Å². The molecule has 0 aliphatic carbocycles. The summed E-state index contributed by atoms with van der Waals surface area (Å²) < 4.78 is 5.22. The molecule has 0 unspecified atom stereocenters. The van der Waals surface area contributed by atoms with Crippen LogP contribution in [0.15, 0.2) is 35.5 Å². The van der Waals surface area contributed by atoms with Crippen molar-refractivity contribution in [3.05, 3.63) is 35.9 Å². The van der Waals surface area contributed by atoms with Crippen molar-refractivity contribution < 1.29 is 14.7 Å². The fraction of sp³-hybridized carbons (Fsp3) is 0.467. The summed E-state index contributed by atoms with van der Waals surface area (Å²) in [5.41, 5.74) is -0.377. The number of carbonyl (C=O) groups excluding carboxylic acids is 1. The second-order valence-electron chi connectivity index (χ2n) is 5.95. The molecule has 0 saturated heterocycles. The molecule has 5 nitrogen and oxygen atoms in total. The van der Waals surface area contributed by atoms with Crippen molar-refractivity contribution in [3.63, 3.8) is 0 Å². The van der Waals surface area contributed by atoms with Gasteiger partial charge < -0.3 is 15.3 Å². The molecule has 2 N–H and O–H groups in total. The molecule has 0 aliphatic rings. The Morgan fingerprint density at radius 3 is 2.40 bits per heavy atom. The average Bonchev–Trinajstić information content (AvgIpc) is 2.26. The fourth-order valence-electron chi connectivity index (χ4n) is 1.81. The fourth-order valence-corrected chi connectivity index (χ4v) is 1.81. The number of nitrogens with zero attached hydrogens (tertiary/aromatic N) is 1. The van der Waals surface area contributed by atoms with E-state index in [2.05, 4.69) is 10.5 Å². The van der Waals surface area contributed by atoms with E-state index < -0.39 is 17.2 Å². The molecule has 1 aromatic rings. The highest BCUT2D eigenvalue weighted by atomic mass is 16.6. The predicted octanol–water partition coefficient (Wildman–Crippen LogP) is 2.97. The molecule has 0 saturated carbocycles. The summed E-state index contributed by atoms with van der Waals surface area (Å²) in [4.78, 5) is 11.9. The van der Waals surface area contributed by atoms with Crippen LogP contribution in [0.1, 0.15) is 33.3 Å². The lowest BCUT2D eigenvalue weighted by Gasteiger charge is -2.28. The molecule has 0 aliphatic heterocycles. The third kappa shape index (κ3) is 5.73. The SMILES string of the molecule is CC(C)(C)OC(=O)N[C@@](C)(/C=N/O)Cc1ccccc1. The van der Waals surface area contributed by atoms with Crippen LogP contribution in [0.2, 0.25) is 0 Å². The van der Waals surface area contributed by atoms with Crippen LogP contribution < -0.4 is 5.32 Å². The molecular formula is C15H22N2O3. The first kappa shape index (κ1) is 16.0. The van der Waals surface area contributed by atoms with Crippen molar-refractivity contribution in [1.82, 2.24) is 5.32 Å². The Hall–Kier alpha value is -2.04. The van der Waals surface area contributed by atoms with Crippen LogP contribution >= 0.6 is 0 Å². The standard InChI is InChI=1S/C15H22N2O3/c1-14(2,3)20-13(18)17-15(4,11-16-19)10-12-8-6-5-7-9-12/h5-9,11,19H,10H2,1-4H3,(H,17,18)/b16-11+/t15-/m1/s1. The molecule has 5 heteroatoms. The number of hydrogen-bond donors (Lipinski definition) is 2. The monoisotopic (exact) mass is 278 g/mol. The second kappa shape index (κ2) is 6.41. The first-order chi connectivity index (χ1) is 9.24. The number of alkyl carbamates (subject to hydrolysis) is 1. The van der Waals surface area contributed by atoms with Crippen LogP contribution in [-0.4, -0.2) is 28.7 Å².